The van der Waals surface area contributed by atoms with Crippen molar-refractivity contribution in [3.8, 4) is 0 Å². The molecule has 0 bridgehead atoms. The Morgan fingerprint density at radius 2 is 1.90 bits per heavy atom. The van der Waals surface area contributed by atoms with Crippen molar-refractivity contribution in [2.45, 2.75) is 36.3 Å². The van der Waals surface area contributed by atoms with E-state index in [-0.39, 0.29) is 16.8 Å². The largest absolute Gasteiger partial charge is 0.384 e. The summed E-state index contributed by atoms with van der Waals surface area (Å²) >= 11 is 0. The van der Waals surface area contributed by atoms with E-state index in [1.54, 1.807) is 24.3 Å². The summed E-state index contributed by atoms with van der Waals surface area (Å²) in [5.41, 5.74) is 0.743. The molecule has 1 heterocycles. The highest BCUT2D eigenvalue weighted by molar-refractivity contribution is 7.92. The van der Waals surface area contributed by atoms with E-state index in [9.17, 15) is 16.8 Å². The molecule has 1 aromatic rings. The van der Waals surface area contributed by atoms with Crippen molar-refractivity contribution >= 4 is 25.4 Å². The monoisotopic (exact) mass is 331 g/mol. The van der Waals surface area contributed by atoms with E-state index in [2.05, 4.69) is 5.32 Å². The summed E-state index contributed by atoms with van der Waals surface area (Å²) in [6.45, 7) is 2.21. The van der Waals surface area contributed by atoms with Crippen LogP contribution in [0.2, 0.25) is 0 Å². The molecule has 1 unspecified atom stereocenters. The molecule has 0 aliphatic carbocycles. The molecule has 0 amide bonds. The SMILES string of the molecule is CCCS(=O)(=O)c1ccc(NCC2CCCS2(=O)=O)cc1. The zero-order chi connectivity index (χ0) is 15.5. The predicted molar refractivity (Wildman–Crippen MR) is 84.1 cm³/mol. The van der Waals surface area contributed by atoms with E-state index in [0.29, 0.717) is 24.3 Å². The van der Waals surface area contributed by atoms with Crippen LogP contribution in [0.4, 0.5) is 5.69 Å². The summed E-state index contributed by atoms with van der Waals surface area (Å²) in [6, 6.07) is 6.50. The van der Waals surface area contributed by atoms with Gasteiger partial charge in [0.15, 0.2) is 19.7 Å². The molecular weight excluding hydrogens is 310 g/mol. The molecule has 0 aromatic heterocycles. The van der Waals surface area contributed by atoms with Gasteiger partial charge in [0.1, 0.15) is 0 Å². The van der Waals surface area contributed by atoms with Crippen LogP contribution in [-0.2, 0) is 19.7 Å². The molecule has 2 rings (SSSR count). The first-order valence-corrected chi connectivity index (χ1v) is 10.5. The molecule has 0 radical (unpaired) electrons. The Balaban J connectivity index is 2.00. The molecule has 7 heteroatoms. The lowest BCUT2D eigenvalue weighted by Crippen LogP contribution is -2.25. The molecule has 1 atom stereocenters. The summed E-state index contributed by atoms with van der Waals surface area (Å²) < 4.78 is 47.2. The summed E-state index contributed by atoms with van der Waals surface area (Å²) in [7, 11) is -6.15. The van der Waals surface area contributed by atoms with Crippen molar-refractivity contribution in [3.05, 3.63) is 24.3 Å². The Kier molecular flexibility index (Phi) is 4.93. The highest BCUT2D eigenvalue weighted by Crippen LogP contribution is 2.21. The van der Waals surface area contributed by atoms with Gasteiger partial charge in [0.25, 0.3) is 0 Å². The summed E-state index contributed by atoms with van der Waals surface area (Å²) in [5.74, 6) is 0.410. The smallest absolute Gasteiger partial charge is 0.178 e. The molecule has 0 spiro atoms. The molecule has 1 fully saturated rings. The molecular formula is C14H21NO4S2. The fourth-order valence-electron chi connectivity index (χ4n) is 2.49. The second-order valence-corrected chi connectivity index (χ2v) is 9.87. The fourth-order valence-corrected chi connectivity index (χ4v) is 5.58. The fraction of sp³-hybridized carbons (Fsp3) is 0.571. The maximum Gasteiger partial charge on any atom is 0.178 e. The highest BCUT2D eigenvalue weighted by Gasteiger charge is 2.30. The molecule has 1 aromatic carbocycles. The first-order valence-electron chi connectivity index (χ1n) is 7.13. The molecule has 1 saturated heterocycles. The second kappa shape index (κ2) is 6.36. The number of nitrogens with one attached hydrogen (secondary N) is 1. The maximum atomic E-state index is 11.9. The minimum Gasteiger partial charge on any atom is -0.384 e. The topological polar surface area (TPSA) is 80.3 Å². The quantitative estimate of drug-likeness (QED) is 0.860. The summed E-state index contributed by atoms with van der Waals surface area (Å²) in [4.78, 5) is 0.309. The van der Waals surface area contributed by atoms with Crippen molar-refractivity contribution in [3.63, 3.8) is 0 Å². The van der Waals surface area contributed by atoms with Crippen LogP contribution in [0.5, 0.6) is 0 Å². The van der Waals surface area contributed by atoms with Gasteiger partial charge in [-0.3, -0.25) is 0 Å². The van der Waals surface area contributed by atoms with Crippen LogP contribution in [0.1, 0.15) is 26.2 Å². The standard InChI is InChI=1S/C14H21NO4S2/c1-2-9-20(16,17)13-7-5-12(6-8-13)15-11-14-4-3-10-21(14,18)19/h5-8,14-15H,2-4,9-11H2,1H3. The minimum absolute atomic E-state index is 0.139. The van der Waals surface area contributed by atoms with Crippen LogP contribution in [0.3, 0.4) is 0 Å². The van der Waals surface area contributed by atoms with E-state index in [4.69, 9.17) is 0 Å². The Morgan fingerprint density at radius 1 is 1.24 bits per heavy atom. The van der Waals surface area contributed by atoms with E-state index in [1.165, 1.54) is 0 Å². The number of anilines is 1. The highest BCUT2D eigenvalue weighted by atomic mass is 32.2. The molecule has 21 heavy (non-hydrogen) atoms. The Hall–Kier alpha value is -1.08. The second-order valence-electron chi connectivity index (χ2n) is 5.36. The average Bonchev–Trinajstić information content (AvgIpc) is 2.76. The first-order chi connectivity index (χ1) is 9.85. The molecule has 0 saturated carbocycles. The normalized spacial score (nSPS) is 21.3. The van der Waals surface area contributed by atoms with Crippen LogP contribution in [0.25, 0.3) is 0 Å². The number of sulfone groups is 2. The Morgan fingerprint density at radius 3 is 2.43 bits per heavy atom. The Labute approximate surface area is 126 Å². The third kappa shape index (κ3) is 3.97. The van der Waals surface area contributed by atoms with Gasteiger partial charge in [-0.05, 0) is 43.5 Å². The van der Waals surface area contributed by atoms with E-state index in [1.807, 2.05) is 6.92 Å². The number of hydrogen-bond acceptors (Lipinski definition) is 5. The molecule has 118 valence electrons. The van der Waals surface area contributed by atoms with Gasteiger partial charge in [0.2, 0.25) is 0 Å². The molecule has 5 nitrogen and oxygen atoms in total. The van der Waals surface area contributed by atoms with Crippen LogP contribution >= 0.6 is 0 Å². The predicted octanol–water partition coefficient (Wildman–Crippen LogP) is 1.86. The van der Waals surface area contributed by atoms with Crippen LogP contribution in [0, 0.1) is 0 Å². The number of benzene rings is 1. The average molecular weight is 331 g/mol. The molecule has 1 aliphatic rings. The van der Waals surface area contributed by atoms with Gasteiger partial charge >= 0.3 is 0 Å². The van der Waals surface area contributed by atoms with Crippen molar-refractivity contribution in [2.24, 2.45) is 0 Å². The van der Waals surface area contributed by atoms with Gasteiger partial charge in [-0.2, -0.15) is 0 Å². The van der Waals surface area contributed by atoms with E-state index in [0.717, 1.165) is 12.1 Å². The first kappa shape index (κ1) is 16.3. The van der Waals surface area contributed by atoms with Crippen molar-refractivity contribution < 1.29 is 16.8 Å². The molecule has 1 aliphatic heterocycles. The van der Waals surface area contributed by atoms with Crippen molar-refractivity contribution in [2.75, 3.05) is 23.4 Å². The summed E-state index contributed by atoms with van der Waals surface area (Å²) in [5, 5.41) is 2.75. The third-order valence-electron chi connectivity index (χ3n) is 3.68. The van der Waals surface area contributed by atoms with Crippen molar-refractivity contribution in [1.29, 1.82) is 0 Å². The van der Waals surface area contributed by atoms with Crippen LogP contribution in [0.15, 0.2) is 29.2 Å². The number of hydrogen-bond donors (Lipinski definition) is 1. The third-order valence-corrected chi connectivity index (χ3v) is 7.89. The lowest BCUT2D eigenvalue weighted by Gasteiger charge is -2.12. The lowest BCUT2D eigenvalue weighted by atomic mass is 10.2. The lowest BCUT2D eigenvalue weighted by molar-refractivity contribution is 0.591. The molecule has 1 N–H and O–H groups in total. The zero-order valence-corrected chi connectivity index (χ0v) is 13.7. The van der Waals surface area contributed by atoms with Gasteiger partial charge < -0.3 is 5.32 Å². The van der Waals surface area contributed by atoms with Crippen LogP contribution < -0.4 is 5.32 Å². The Bertz CT molecular complexity index is 678. The minimum atomic E-state index is -3.20. The zero-order valence-electron chi connectivity index (χ0n) is 12.1. The van der Waals surface area contributed by atoms with Crippen LogP contribution in [-0.4, -0.2) is 40.1 Å². The maximum absolute atomic E-state index is 11.9. The summed E-state index contributed by atoms with van der Waals surface area (Å²) in [6.07, 6.45) is 2.00. The van der Waals surface area contributed by atoms with Gasteiger partial charge in [-0.1, -0.05) is 6.92 Å². The van der Waals surface area contributed by atoms with E-state index >= 15 is 0 Å². The van der Waals surface area contributed by atoms with Gasteiger partial charge in [-0.15, -0.1) is 0 Å². The van der Waals surface area contributed by atoms with Gasteiger partial charge in [0, 0.05) is 12.2 Å². The van der Waals surface area contributed by atoms with E-state index < -0.39 is 19.7 Å². The van der Waals surface area contributed by atoms with Crippen molar-refractivity contribution in [1.82, 2.24) is 0 Å². The number of rotatable bonds is 6. The van der Waals surface area contributed by atoms with Gasteiger partial charge in [-0.25, -0.2) is 16.8 Å². The van der Waals surface area contributed by atoms with Gasteiger partial charge in [0.05, 0.1) is 21.7 Å².